The fourth-order valence-corrected chi connectivity index (χ4v) is 2.13. The SMILES string of the molecule is CCOc1ccc(C(=O)Nc2oc(C)c(C(=O)OC)c2C#N)cc1. The second kappa shape index (κ2) is 7.33. The third kappa shape index (κ3) is 3.38. The molecule has 0 aliphatic rings. The van der Waals surface area contributed by atoms with Gasteiger partial charge in [0.15, 0.2) is 0 Å². The average Bonchev–Trinajstić information content (AvgIpc) is 2.90. The molecule has 0 aliphatic carbocycles. The molecule has 24 heavy (non-hydrogen) atoms. The zero-order valence-electron chi connectivity index (χ0n) is 13.5. The van der Waals surface area contributed by atoms with E-state index in [0.717, 1.165) is 0 Å². The predicted octanol–water partition coefficient (Wildman–Crippen LogP) is 2.90. The van der Waals surface area contributed by atoms with Crippen molar-refractivity contribution >= 4 is 17.8 Å². The fraction of sp³-hybridized carbons (Fsp3) is 0.235. The van der Waals surface area contributed by atoms with Gasteiger partial charge in [0.25, 0.3) is 5.91 Å². The number of ether oxygens (including phenoxy) is 2. The Bertz CT molecular complexity index is 800. The van der Waals surface area contributed by atoms with Crippen LogP contribution < -0.4 is 10.1 Å². The van der Waals surface area contributed by atoms with E-state index in [1.54, 1.807) is 24.3 Å². The Hall–Kier alpha value is -3.27. The number of anilines is 1. The highest BCUT2D eigenvalue weighted by Gasteiger charge is 2.25. The highest BCUT2D eigenvalue weighted by molar-refractivity contribution is 6.05. The molecule has 7 nitrogen and oxygen atoms in total. The number of nitrogens with zero attached hydrogens (tertiary/aromatic N) is 1. The molecule has 1 heterocycles. The summed E-state index contributed by atoms with van der Waals surface area (Å²) < 4.78 is 15.3. The number of hydrogen-bond acceptors (Lipinski definition) is 6. The summed E-state index contributed by atoms with van der Waals surface area (Å²) >= 11 is 0. The Morgan fingerprint density at radius 2 is 1.96 bits per heavy atom. The van der Waals surface area contributed by atoms with Crippen molar-refractivity contribution in [2.45, 2.75) is 13.8 Å². The van der Waals surface area contributed by atoms with Crippen molar-refractivity contribution in [3.8, 4) is 11.8 Å². The second-order valence-corrected chi connectivity index (χ2v) is 4.75. The summed E-state index contributed by atoms with van der Waals surface area (Å²) in [5.74, 6) is -0.419. The van der Waals surface area contributed by atoms with Crippen LogP contribution in [0.4, 0.5) is 5.88 Å². The van der Waals surface area contributed by atoms with E-state index >= 15 is 0 Å². The lowest BCUT2D eigenvalue weighted by molar-refractivity contribution is 0.0598. The van der Waals surface area contributed by atoms with Crippen molar-refractivity contribution in [1.82, 2.24) is 0 Å². The number of amides is 1. The van der Waals surface area contributed by atoms with Gasteiger partial charge in [-0.05, 0) is 38.1 Å². The first kappa shape index (κ1) is 17.1. The molecule has 0 unspecified atom stereocenters. The number of carbonyl (C=O) groups excluding carboxylic acids is 2. The van der Waals surface area contributed by atoms with Gasteiger partial charge in [-0.1, -0.05) is 0 Å². The third-order valence-electron chi connectivity index (χ3n) is 3.24. The van der Waals surface area contributed by atoms with Gasteiger partial charge in [0.1, 0.15) is 28.7 Å². The summed E-state index contributed by atoms with van der Waals surface area (Å²) in [7, 11) is 1.20. The Labute approximate surface area is 138 Å². The van der Waals surface area contributed by atoms with E-state index in [1.807, 2.05) is 13.0 Å². The molecule has 1 amide bonds. The van der Waals surface area contributed by atoms with Crippen LogP contribution in [0, 0.1) is 18.3 Å². The van der Waals surface area contributed by atoms with Crippen molar-refractivity contribution in [2.75, 3.05) is 19.0 Å². The first-order valence-corrected chi connectivity index (χ1v) is 7.17. The Morgan fingerprint density at radius 1 is 1.29 bits per heavy atom. The third-order valence-corrected chi connectivity index (χ3v) is 3.24. The molecule has 1 aromatic carbocycles. The van der Waals surface area contributed by atoms with Crippen molar-refractivity contribution in [2.24, 2.45) is 0 Å². The summed E-state index contributed by atoms with van der Waals surface area (Å²) in [5.41, 5.74) is 0.289. The Morgan fingerprint density at radius 3 is 2.50 bits per heavy atom. The van der Waals surface area contributed by atoms with Crippen LogP contribution in [0.2, 0.25) is 0 Å². The molecule has 1 N–H and O–H groups in total. The lowest BCUT2D eigenvalue weighted by atomic mass is 10.1. The highest BCUT2D eigenvalue weighted by Crippen LogP contribution is 2.27. The summed E-state index contributed by atoms with van der Waals surface area (Å²) in [4.78, 5) is 24.0. The number of benzene rings is 1. The van der Waals surface area contributed by atoms with Gasteiger partial charge in [0.2, 0.25) is 5.88 Å². The molecular weight excluding hydrogens is 312 g/mol. The average molecular weight is 328 g/mol. The van der Waals surface area contributed by atoms with Gasteiger partial charge in [-0.2, -0.15) is 5.26 Å². The van der Waals surface area contributed by atoms with Gasteiger partial charge >= 0.3 is 5.97 Å². The molecule has 7 heteroatoms. The molecule has 0 aliphatic heterocycles. The van der Waals surface area contributed by atoms with E-state index in [1.165, 1.54) is 14.0 Å². The van der Waals surface area contributed by atoms with Crippen molar-refractivity contribution in [3.63, 3.8) is 0 Å². The number of hydrogen-bond donors (Lipinski definition) is 1. The maximum atomic E-state index is 12.3. The van der Waals surface area contributed by atoms with Crippen LogP contribution in [-0.4, -0.2) is 25.6 Å². The molecule has 1 aromatic heterocycles. The van der Waals surface area contributed by atoms with Crippen LogP contribution in [0.3, 0.4) is 0 Å². The van der Waals surface area contributed by atoms with Crippen LogP contribution in [-0.2, 0) is 4.74 Å². The number of aryl methyl sites for hydroxylation is 1. The standard InChI is InChI=1S/C17H16N2O5/c1-4-23-12-7-5-11(6-8-12)15(20)19-16-13(9-18)14(10(2)24-16)17(21)22-3/h5-8H,4H2,1-3H3,(H,19,20). The zero-order valence-corrected chi connectivity index (χ0v) is 13.5. The van der Waals surface area contributed by atoms with Gasteiger partial charge in [-0.3, -0.25) is 10.1 Å². The lowest BCUT2D eigenvalue weighted by Gasteiger charge is -2.05. The number of nitrogens with one attached hydrogen (secondary N) is 1. The maximum absolute atomic E-state index is 12.3. The van der Waals surface area contributed by atoms with Gasteiger partial charge < -0.3 is 13.9 Å². The van der Waals surface area contributed by atoms with E-state index in [2.05, 4.69) is 10.1 Å². The summed E-state index contributed by atoms with van der Waals surface area (Å²) in [6.45, 7) is 3.90. The zero-order chi connectivity index (χ0) is 17.7. The molecule has 0 saturated carbocycles. The van der Waals surface area contributed by atoms with Crippen LogP contribution in [0.15, 0.2) is 28.7 Å². The number of esters is 1. The van der Waals surface area contributed by atoms with Crippen molar-refractivity contribution < 1.29 is 23.5 Å². The smallest absolute Gasteiger partial charge is 0.342 e. The number of rotatable bonds is 5. The highest BCUT2D eigenvalue weighted by atomic mass is 16.5. The molecule has 0 atom stereocenters. The van der Waals surface area contributed by atoms with Crippen LogP contribution in [0.1, 0.15) is 39.0 Å². The van der Waals surface area contributed by atoms with E-state index in [-0.39, 0.29) is 22.8 Å². The molecule has 0 saturated heterocycles. The largest absolute Gasteiger partial charge is 0.494 e. The van der Waals surface area contributed by atoms with Gasteiger partial charge in [-0.15, -0.1) is 0 Å². The predicted molar refractivity (Wildman–Crippen MR) is 85.1 cm³/mol. The number of carbonyl (C=O) groups is 2. The molecular formula is C17H16N2O5. The Balaban J connectivity index is 2.26. The number of nitriles is 1. The monoisotopic (exact) mass is 328 g/mol. The molecule has 2 aromatic rings. The first-order chi connectivity index (χ1) is 11.5. The van der Waals surface area contributed by atoms with E-state index in [4.69, 9.17) is 9.15 Å². The van der Waals surface area contributed by atoms with Crippen LogP contribution in [0.5, 0.6) is 5.75 Å². The summed E-state index contributed by atoms with van der Waals surface area (Å²) in [5, 5.41) is 11.7. The van der Waals surface area contributed by atoms with Gasteiger partial charge in [-0.25, -0.2) is 4.79 Å². The molecule has 0 bridgehead atoms. The van der Waals surface area contributed by atoms with Gasteiger partial charge in [0, 0.05) is 5.56 Å². The minimum Gasteiger partial charge on any atom is -0.494 e. The normalized spacial score (nSPS) is 9.92. The van der Waals surface area contributed by atoms with E-state index < -0.39 is 11.9 Å². The lowest BCUT2D eigenvalue weighted by Crippen LogP contribution is -2.12. The summed E-state index contributed by atoms with van der Waals surface area (Å²) in [6.07, 6.45) is 0. The van der Waals surface area contributed by atoms with E-state index in [0.29, 0.717) is 17.9 Å². The molecule has 124 valence electrons. The van der Waals surface area contributed by atoms with Crippen LogP contribution >= 0.6 is 0 Å². The molecule has 0 spiro atoms. The molecule has 2 rings (SSSR count). The quantitative estimate of drug-likeness (QED) is 0.847. The second-order valence-electron chi connectivity index (χ2n) is 4.75. The fourth-order valence-electron chi connectivity index (χ4n) is 2.13. The summed E-state index contributed by atoms with van der Waals surface area (Å²) in [6, 6.07) is 8.35. The minimum absolute atomic E-state index is 0.00185. The number of methoxy groups -OCH3 is 1. The molecule has 0 radical (unpaired) electrons. The van der Waals surface area contributed by atoms with Gasteiger partial charge in [0.05, 0.1) is 13.7 Å². The van der Waals surface area contributed by atoms with E-state index in [9.17, 15) is 14.9 Å². The van der Waals surface area contributed by atoms with Crippen LogP contribution in [0.25, 0.3) is 0 Å². The Kier molecular flexibility index (Phi) is 5.22. The number of furan rings is 1. The van der Waals surface area contributed by atoms with Crippen molar-refractivity contribution in [1.29, 1.82) is 5.26 Å². The first-order valence-electron chi connectivity index (χ1n) is 7.17. The maximum Gasteiger partial charge on any atom is 0.342 e. The van der Waals surface area contributed by atoms with Crippen molar-refractivity contribution in [3.05, 3.63) is 46.7 Å². The molecule has 0 fully saturated rings. The topological polar surface area (TPSA) is 102 Å². The minimum atomic E-state index is -0.700.